The smallest absolute Gasteiger partial charge is 0.0394 e. The van der Waals surface area contributed by atoms with Crippen LogP contribution in [0.2, 0.25) is 0 Å². The Morgan fingerprint density at radius 3 is 2.58 bits per heavy atom. The van der Waals surface area contributed by atoms with Gasteiger partial charge in [0.1, 0.15) is 0 Å². The molecule has 98 valence electrons. The molecule has 1 nitrogen and oxygen atoms in total. The van der Waals surface area contributed by atoms with Crippen LogP contribution in [0.25, 0.3) is 11.1 Å². The zero-order chi connectivity index (χ0) is 12.1. The molecule has 0 fully saturated rings. The van der Waals surface area contributed by atoms with E-state index in [1.54, 1.807) is 11.1 Å². The first-order valence-corrected chi connectivity index (χ1v) is 6.75. The Morgan fingerprint density at radius 2 is 1.68 bits per heavy atom. The molecule has 0 unspecified atom stereocenters. The molecule has 0 saturated carbocycles. The minimum Gasteiger partial charge on any atom is -0.299 e. The van der Waals surface area contributed by atoms with Crippen LogP contribution >= 0.6 is 12.4 Å². The number of fused-ring (bicyclic) bond motifs is 2. The number of hydrogen-bond donors (Lipinski definition) is 0. The number of likely N-dealkylation sites (N-methyl/N-ethyl adjacent to an activating group) is 1. The lowest BCUT2D eigenvalue weighted by Gasteiger charge is -2.39. The number of hydrogen-bond acceptors (Lipinski definition) is 1. The molecule has 0 N–H and O–H groups in total. The second kappa shape index (κ2) is 4.66. The van der Waals surface area contributed by atoms with Gasteiger partial charge in [0.05, 0.1) is 0 Å². The summed E-state index contributed by atoms with van der Waals surface area (Å²) in [6.45, 7) is 1.18. The zero-order valence-electron chi connectivity index (χ0n) is 11.1. The molecule has 0 spiro atoms. The largest absolute Gasteiger partial charge is 0.299 e. The van der Waals surface area contributed by atoms with Gasteiger partial charge in [0.2, 0.25) is 0 Å². The van der Waals surface area contributed by atoms with E-state index in [9.17, 15) is 0 Å². The van der Waals surface area contributed by atoms with E-state index in [1.807, 2.05) is 0 Å². The first-order valence-electron chi connectivity index (χ1n) is 6.75. The zero-order valence-corrected chi connectivity index (χ0v) is 11.9. The van der Waals surface area contributed by atoms with Gasteiger partial charge in [0.25, 0.3) is 0 Å². The van der Waals surface area contributed by atoms with E-state index in [0.29, 0.717) is 6.04 Å². The van der Waals surface area contributed by atoms with Gasteiger partial charge in [-0.2, -0.15) is 0 Å². The lowest BCUT2D eigenvalue weighted by Crippen LogP contribution is -2.35. The quantitative estimate of drug-likeness (QED) is 0.703. The molecular weight excluding hydrogens is 254 g/mol. The van der Waals surface area contributed by atoms with Crippen LogP contribution in [-0.2, 0) is 12.8 Å². The molecule has 2 aromatic rings. The molecule has 0 radical (unpaired) electrons. The molecular formula is C17H18ClN. The van der Waals surface area contributed by atoms with Crippen molar-refractivity contribution in [2.75, 3.05) is 13.6 Å². The maximum atomic E-state index is 2.52. The summed E-state index contributed by atoms with van der Waals surface area (Å²) in [4.78, 5) is 2.52. The molecule has 0 amide bonds. The van der Waals surface area contributed by atoms with Crippen molar-refractivity contribution in [2.45, 2.75) is 18.9 Å². The topological polar surface area (TPSA) is 3.24 Å². The Morgan fingerprint density at radius 1 is 0.947 bits per heavy atom. The van der Waals surface area contributed by atoms with Crippen molar-refractivity contribution in [3.05, 3.63) is 59.2 Å². The van der Waals surface area contributed by atoms with E-state index >= 15 is 0 Å². The van der Waals surface area contributed by atoms with E-state index in [-0.39, 0.29) is 12.4 Å². The molecule has 1 aliphatic carbocycles. The van der Waals surface area contributed by atoms with Gasteiger partial charge in [-0.25, -0.2) is 0 Å². The van der Waals surface area contributed by atoms with Gasteiger partial charge in [0, 0.05) is 12.6 Å². The van der Waals surface area contributed by atoms with Crippen molar-refractivity contribution in [1.29, 1.82) is 0 Å². The third-order valence-electron chi connectivity index (χ3n) is 4.52. The van der Waals surface area contributed by atoms with Crippen molar-refractivity contribution in [3.8, 4) is 11.1 Å². The predicted molar refractivity (Wildman–Crippen MR) is 81.9 cm³/mol. The average Bonchev–Trinajstić information content (AvgIpc) is 2.43. The molecule has 0 aromatic heterocycles. The number of benzene rings is 2. The van der Waals surface area contributed by atoms with Crippen molar-refractivity contribution in [3.63, 3.8) is 0 Å². The molecule has 1 heterocycles. The van der Waals surface area contributed by atoms with Crippen molar-refractivity contribution in [1.82, 2.24) is 4.90 Å². The van der Waals surface area contributed by atoms with Crippen LogP contribution < -0.4 is 0 Å². The maximum absolute atomic E-state index is 2.52. The van der Waals surface area contributed by atoms with Gasteiger partial charge in [-0.3, -0.25) is 4.90 Å². The van der Waals surface area contributed by atoms with Crippen LogP contribution in [-0.4, -0.2) is 18.5 Å². The summed E-state index contributed by atoms with van der Waals surface area (Å²) in [6.07, 6.45) is 2.36. The van der Waals surface area contributed by atoms with Crippen LogP contribution in [0.1, 0.15) is 22.7 Å². The summed E-state index contributed by atoms with van der Waals surface area (Å²) in [7, 11) is 2.26. The van der Waals surface area contributed by atoms with Crippen molar-refractivity contribution < 1.29 is 0 Å². The molecule has 19 heavy (non-hydrogen) atoms. The Bertz CT molecular complexity index is 620. The Kier molecular flexibility index (Phi) is 3.12. The second-order valence-electron chi connectivity index (χ2n) is 5.49. The molecule has 2 aliphatic rings. The SMILES string of the molecule is CN1CCc2cccc3c2[C@H]1Cc1ccccc1-3.Cl. The summed E-state index contributed by atoms with van der Waals surface area (Å²) in [5.41, 5.74) is 7.56. The lowest BCUT2D eigenvalue weighted by atomic mass is 9.77. The Labute approximate surface area is 120 Å². The molecule has 1 atom stereocenters. The first-order chi connectivity index (χ1) is 8.84. The van der Waals surface area contributed by atoms with E-state index in [0.717, 1.165) is 6.42 Å². The van der Waals surface area contributed by atoms with E-state index in [1.165, 1.54) is 29.7 Å². The van der Waals surface area contributed by atoms with E-state index < -0.39 is 0 Å². The summed E-state index contributed by atoms with van der Waals surface area (Å²) >= 11 is 0. The Hall–Kier alpha value is -1.31. The molecule has 1 aliphatic heterocycles. The summed E-state index contributed by atoms with van der Waals surface area (Å²) < 4.78 is 0. The second-order valence-corrected chi connectivity index (χ2v) is 5.49. The van der Waals surface area contributed by atoms with Gasteiger partial charge >= 0.3 is 0 Å². The fraction of sp³-hybridized carbons (Fsp3) is 0.294. The minimum atomic E-state index is 0. The first kappa shape index (κ1) is 12.7. The molecule has 2 heteroatoms. The third kappa shape index (κ3) is 1.80. The summed E-state index contributed by atoms with van der Waals surface area (Å²) in [5, 5.41) is 0. The van der Waals surface area contributed by atoms with E-state index in [4.69, 9.17) is 0 Å². The fourth-order valence-electron chi connectivity index (χ4n) is 3.56. The van der Waals surface area contributed by atoms with Crippen molar-refractivity contribution >= 4 is 12.4 Å². The van der Waals surface area contributed by atoms with E-state index in [2.05, 4.69) is 54.4 Å². The Balaban J connectivity index is 0.00000110. The van der Waals surface area contributed by atoms with Crippen molar-refractivity contribution in [2.24, 2.45) is 0 Å². The monoisotopic (exact) mass is 271 g/mol. The van der Waals surface area contributed by atoms with Gasteiger partial charge in [0.15, 0.2) is 0 Å². The number of nitrogens with zero attached hydrogens (tertiary/aromatic N) is 1. The maximum Gasteiger partial charge on any atom is 0.0394 e. The summed E-state index contributed by atoms with van der Waals surface area (Å²) in [5.74, 6) is 0. The fourth-order valence-corrected chi connectivity index (χ4v) is 3.56. The van der Waals surface area contributed by atoms with Crippen LogP contribution in [0.4, 0.5) is 0 Å². The highest BCUT2D eigenvalue weighted by Gasteiger charge is 2.31. The van der Waals surface area contributed by atoms with Crippen LogP contribution in [0.5, 0.6) is 0 Å². The molecule has 2 aromatic carbocycles. The highest BCUT2D eigenvalue weighted by Crippen LogP contribution is 2.44. The third-order valence-corrected chi connectivity index (χ3v) is 4.52. The standard InChI is InChI=1S/C17H17N.ClH/c1-18-10-9-12-6-4-8-15-14-7-3-2-5-13(14)11-16(18)17(12)15;/h2-8,16H,9-11H2,1H3;1H/t16-;/m1./s1. The molecule has 4 rings (SSSR count). The summed E-state index contributed by atoms with van der Waals surface area (Å²) in [6, 6.07) is 16.3. The highest BCUT2D eigenvalue weighted by atomic mass is 35.5. The van der Waals surface area contributed by atoms with Gasteiger partial charge in [-0.15, -0.1) is 12.4 Å². The average molecular weight is 272 g/mol. The van der Waals surface area contributed by atoms with Gasteiger partial charge in [-0.1, -0.05) is 42.5 Å². The predicted octanol–water partition coefficient (Wildman–Crippen LogP) is 3.86. The highest BCUT2D eigenvalue weighted by molar-refractivity contribution is 5.85. The van der Waals surface area contributed by atoms with Gasteiger partial charge < -0.3 is 0 Å². The lowest BCUT2D eigenvalue weighted by molar-refractivity contribution is 0.228. The van der Waals surface area contributed by atoms with Crippen LogP contribution in [0.15, 0.2) is 42.5 Å². The molecule has 0 bridgehead atoms. The van der Waals surface area contributed by atoms with Gasteiger partial charge in [-0.05, 0) is 47.7 Å². The van der Waals surface area contributed by atoms with Crippen LogP contribution in [0.3, 0.4) is 0 Å². The number of rotatable bonds is 0. The minimum absolute atomic E-state index is 0. The molecule has 0 saturated heterocycles. The normalized spacial score (nSPS) is 20.2. The number of halogens is 1. The van der Waals surface area contributed by atoms with Crippen LogP contribution in [0, 0.1) is 0 Å².